The molecule has 0 atom stereocenters. The monoisotopic (exact) mass is 439 g/mol. The Hall–Kier alpha value is -4.19. The number of fused-ring (bicyclic) bond motifs is 1. The number of hydrogen-bond donors (Lipinski definition) is 1. The Labute approximate surface area is 192 Å². The smallest absolute Gasteiger partial charge is 0.338 e. The second-order valence-electron chi connectivity index (χ2n) is 7.69. The summed E-state index contributed by atoms with van der Waals surface area (Å²) in [6.07, 6.45) is 1.64. The predicted molar refractivity (Wildman–Crippen MR) is 130 cm³/mol. The molecule has 0 spiro atoms. The highest BCUT2D eigenvalue weighted by Gasteiger charge is 2.12. The number of aryl methyl sites for hydroxylation is 1. The molecular weight excluding hydrogens is 414 g/mol. The van der Waals surface area contributed by atoms with E-state index in [0.717, 1.165) is 33.4 Å². The van der Waals surface area contributed by atoms with Crippen LogP contribution in [0.1, 0.15) is 44.6 Å². The molecule has 0 fully saturated rings. The SMILES string of the molecule is CCOC(=O)c1ccc(-n2c(C)cc(/C=N/NC(=O)c3ccc4ccccc4c3)c2C)cc1. The van der Waals surface area contributed by atoms with E-state index in [1.54, 1.807) is 31.3 Å². The van der Waals surface area contributed by atoms with E-state index >= 15 is 0 Å². The molecule has 1 amide bonds. The van der Waals surface area contributed by atoms with E-state index in [1.165, 1.54) is 0 Å². The number of hydrazone groups is 1. The van der Waals surface area contributed by atoms with Crippen LogP contribution in [0, 0.1) is 13.8 Å². The van der Waals surface area contributed by atoms with Crippen molar-refractivity contribution in [3.05, 3.63) is 101 Å². The van der Waals surface area contributed by atoms with Crippen molar-refractivity contribution in [3.63, 3.8) is 0 Å². The molecule has 4 rings (SSSR count). The van der Waals surface area contributed by atoms with Crippen LogP contribution in [0.4, 0.5) is 0 Å². The van der Waals surface area contributed by atoms with Crippen molar-refractivity contribution in [2.45, 2.75) is 20.8 Å². The highest BCUT2D eigenvalue weighted by atomic mass is 16.5. The van der Waals surface area contributed by atoms with Crippen molar-refractivity contribution < 1.29 is 14.3 Å². The van der Waals surface area contributed by atoms with E-state index in [-0.39, 0.29) is 11.9 Å². The van der Waals surface area contributed by atoms with Crippen LogP contribution in [0.2, 0.25) is 0 Å². The average Bonchev–Trinajstić information content (AvgIpc) is 3.11. The van der Waals surface area contributed by atoms with Gasteiger partial charge in [-0.3, -0.25) is 4.79 Å². The molecule has 1 N–H and O–H groups in total. The van der Waals surface area contributed by atoms with Crippen molar-refractivity contribution in [1.29, 1.82) is 0 Å². The highest BCUT2D eigenvalue weighted by Crippen LogP contribution is 2.21. The minimum Gasteiger partial charge on any atom is -0.462 e. The molecule has 0 aliphatic heterocycles. The van der Waals surface area contributed by atoms with Gasteiger partial charge in [0, 0.05) is 28.2 Å². The molecule has 3 aromatic carbocycles. The third-order valence-corrected chi connectivity index (χ3v) is 5.49. The van der Waals surface area contributed by atoms with E-state index in [9.17, 15) is 9.59 Å². The van der Waals surface area contributed by atoms with Crippen LogP contribution in [0.5, 0.6) is 0 Å². The topological polar surface area (TPSA) is 72.7 Å². The number of amides is 1. The van der Waals surface area contributed by atoms with Gasteiger partial charge in [-0.2, -0.15) is 5.10 Å². The van der Waals surface area contributed by atoms with Gasteiger partial charge in [0.05, 0.1) is 18.4 Å². The molecule has 0 unspecified atom stereocenters. The van der Waals surface area contributed by atoms with Gasteiger partial charge in [-0.05, 0) is 74.0 Å². The first kappa shape index (κ1) is 22.0. The second-order valence-corrected chi connectivity index (χ2v) is 7.69. The zero-order valence-electron chi connectivity index (χ0n) is 18.8. The number of esters is 1. The maximum absolute atomic E-state index is 12.5. The van der Waals surface area contributed by atoms with Crippen LogP contribution >= 0.6 is 0 Å². The van der Waals surface area contributed by atoms with Crippen LogP contribution in [0.3, 0.4) is 0 Å². The van der Waals surface area contributed by atoms with Gasteiger partial charge in [-0.15, -0.1) is 0 Å². The summed E-state index contributed by atoms with van der Waals surface area (Å²) >= 11 is 0. The van der Waals surface area contributed by atoms with Gasteiger partial charge in [-0.25, -0.2) is 10.2 Å². The molecule has 1 aromatic heterocycles. The molecule has 0 radical (unpaired) electrons. The first-order chi connectivity index (χ1) is 16.0. The number of nitrogens with one attached hydrogen (secondary N) is 1. The minimum atomic E-state index is -0.333. The van der Waals surface area contributed by atoms with E-state index in [0.29, 0.717) is 17.7 Å². The largest absolute Gasteiger partial charge is 0.462 e. The Bertz CT molecular complexity index is 1350. The average molecular weight is 440 g/mol. The fraction of sp³-hybridized carbons (Fsp3) is 0.148. The van der Waals surface area contributed by atoms with Gasteiger partial charge in [0.1, 0.15) is 0 Å². The standard InChI is InChI=1S/C27H25N3O3/c1-4-33-27(32)21-11-13-25(14-12-21)30-18(2)15-24(19(30)3)17-28-29-26(31)23-10-9-20-7-5-6-8-22(20)16-23/h5-17H,4H2,1-3H3,(H,29,31)/b28-17+. The number of carbonyl (C=O) groups is 2. The molecule has 4 aromatic rings. The van der Waals surface area contributed by atoms with Gasteiger partial charge in [-0.1, -0.05) is 30.3 Å². The van der Waals surface area contributed by atoms with Crippen LogP contribution in [-0.4, -0.2) is 29.3 Å². The van der Waals surface area contributed by atoms with Gasteiger partial charge >= 0.3 is 5.97 Å². The summed E-state index contributed by atoms with van der Waals surface area (Å²) in [6.45, 7) is 6.11. The quantitative estimate of drug-likeness (QED) is 0.255. The zero-order chi connectivity index (χ0) is 23.4. The number of nitrogens with zero attached hydrogens (tertiary/aromatic N) is 2. The molecule has 0 aliphatic carbocycles. The summed E-state index contributed by atoms with van der Waals surface area (Å²) in [5.74, 6) is -0.597. The predicted octanol–water partition coefficient (Wildman–Crippen LogP) is 5.19. The summed E-state index contributed by atoms with van der Waals surface area (Å²) in [7, 11) is 0. The minimum absolute atomic E-state index is 0.264. The molecule has 0 aliphatic rings. The van der Waals surface area contributed by atoms with Crippen LogP contribution in [0.25, 0.3) is 16.5 Å². The van der Waals surface area contributed by atoms with Gasteiger partial charge in [0.15, 0.2) is 0 Å². The summed E-state index contributed by atoms with van der Waals surface area (Å²) in [6, 6.07) is 22.7. The summed E-state index contributed by atoms with van der Waals surface area (Å²) in [4.78, 5) is 24.4. The molecular formula is C27H25N3O3. The summed E-state index contributed by atoms with van der Waals surface area (Å²) in [5, 5.41) is 6.26. The van der Waals surface area contributed by atoms with Gasteiger partial charge < -0.3 is 9.30 Å². The van der Waals surface area contributed by atoms with Crippen LogP contribution < -0.4 is 5.43 Å². The molecule has 6 heteroatoms. The maximum atomic E-state index is 12.5. The van der Waals surface area contributed by atoms with E-state index in [4.69, 9.17) is 4.74 Å². The third kappa shape index (κ3) is 4.70. The Morgan fingerprint density at radius 2 is 1.64 bits per heavy atom. The number of rotatable bonds is 6. The molecule has 0 saturated heterocycles. The fourth-order valence-corrected chi connectivity index (χ4v) is 3.83. The lowest BCUT2D eigenvalue weighted by Gasteiger charge is -2.10. The molecule has 1 heterocycles. The maximum Gasteiger partial charge on any atom is 0.338 e. The highest BCUT2D eigenvalue weighted by molar-refractivity contribution is 5.99. The summed E-state index contributed by atoms with van der Waals surface area (Å²) in [5.41, 5.74) is 7.48. The first-order valence-electron chi connectivity index (χ1n) is 10.8. The Morgan fingerprint density at radius 1 is 0.939 bits per heavy atom. The van der Waals surface area contributed by atoms with Crippen molar-refractivity contribution in [2.24, 2.45) is 5.10 Å². The van der Waals surface area contributed by atoms with Crippen LogP contribution in [0.15, 0.2) is 77.9 Å². The second kappa shape index (κ2) is 9.53. The molecule has 166 valence electrons. The Morgan fingerprint density at radius 3 is 2.36 bits per heavy atom. The van der Waals surface area contributed by atoms with Crippen molar-refractivity contribution in [2.75, 3.05) is 6.61 Å². The van der Waals surface area contributed by atoms with E-state index < -0.39 is 0 Å². The van der Waals surface area contributed by atoms with Crippen LogP contribution in [-0.2, 0) is 4.74 Å². The van der Waals surface area contributed by atoms with Gasteiger partial charge in [0.2, 0.25) is 0 Å². The molecule has 33 heavy (non-hydrogen) atoms. The summed E-state index contributed by atoms with van der Waals surface area (Å²) < 4.78 is 7.11. The normalized spacial score (nSPS) is 11.1. The Kier molecular flexibility index (Phi) is 6.36. The lowest BCUT2D eigenvalue weighted by molar-refractivity contribution is 0.0526. The Balaban J connectivity index is 1.49. The van der Waals surface area contributed by atoms with Crippen molar-refractivity contribution in [3.8, 4) is 5.69 Å². The van der Waals surface area contributed by atoms with E-state index in [2.05, 4.69) is 15.1 Å². The fourth-order valence-electron chi connectivity index (χ4n) is 3.83. The lowest BCUT2D eigenvalue weighted by atomic mass is 10.1. The van der Waals surface area contributed by atoms with Gasteiger partial charge in [0.25, 0.3) is 5.91 Å². The number of aromatic nitrogens is 1. The number of hydrogen-bond acceptors (Lipinski definition) is 4. The van der Waals surface area contributed by atoms with Crippen molar-refractivity contribution in [1.82, 2.24) is 9.99 Å². The number of ether oxygens (including phenoxy) is 1. The first-order valence-corrected chi connectivity index (χ1v) is 10.8. The molecule has 0 bridgehead atoms. The number of carbonyl (C=O) groups excluding carboxylic acids is 2. The third-order valence-electron chi connectivity index (χ3n) is 5.49. The molecule has 0 saturated carbocycles. The zero-order valence-corrected chi connectivity index (χ0v) is 18.8. The van der Waals surface area contributed by atoms with Crippen molar-refractivity contribution >= 4 is 28.9 Å². The number of benzene rings is 3. The lowest BCUT2D eigenvalue weighted by Crippen LogP contribution is -2.17. The molecule has 6 nitrogen and oxygen atoms in total. The van der Waals surface area contributed by atoms with E-state index in [1.807, 2.05) is 68.4 Å².